The largest absolute Gasteiger partial charge is 0.493 e. The van der Waals surface area contributed by atoms with Crippen LogP contribution in [0.5, 0.6) is 17.2 Å². The van der Waals surface area contributed by atoms with Gasteiger partial charge in [0.15, 0.2) is 11.5 Å². The number of methoxy groups -OCH3 is 2. The number of amides is 1. The maximum Gasteiger partial charge on any atom is 0.254 e. The summed E-state index contributed by atoms with van der Waals surface area (Å²) in [6.45, 7) is 3.66. The second kappa shape index (κ2) is 9.01. The third-order valence-corrected chi connectivity index (χ3v) is 8.40. The summed E-state index contributed by atoms with van der Waals surface area (Å²) < 4.78 is 19.8. The molecular weight excluding hydrogens is 482 g/mol. The Bertz CT molecular complexity index is 1410. The standard InChI is InChI=1S/C29H35N5O4/c1-36-24-12-18-11-23(34(15-17-5-6-17)22(18)14-25(24)37-2)28-31-21-10-19(13-26-27(21)33(28)8-9-38-26)29(35)32-7-3-4-20(30)16-32/h10-14,17,20,28,31H,3-9,15-16,30H2,1-2H3/t20?,28-/m1/s1. The highest BCUT2D eigenvalue weighted by atomic mass is 16.5. The highest BCUT2D eigenvalue weighted by Gasteiger charge is 2.39. The minimum absolute atomic E-state index is 0.0206. The van der Waals surface area contributed by atoms with E-state index in [0.717, 1.165) is 72.0 Å². The van der Waals surface area contributed by atoms with Crippen LogP contribution >= 0.6 is 0 Å². The van der Waals surface area contributed by atoms with Crippen LogP contribution in [0.25, 0.3) is 10.9 Å². The summed E-state index contributed by atoms with van der Waals surface area (Å²) in [5.41, 5.74) is 11.1. The number of hydrogen-bond acceptors (Lipinski definition) is 7. The van der Waals surface area contributed by atoms with E-state index in [1.165, 1.54) is 18.5 Å². The second-order valence-corrected chi connectivity index (χ2v) is 11.0. The number of nitrogens with one attached hydrogen (secondary N) is 1. The Hall–Kier alpha value is -3.59. The summed E-state index contributed by atoms with van der Waals surface area (Å²) in [5, 5.41) is 4.89. The molecule has 1 aromatic heterocycles. The number of hydrogen-bond donors (Lipinski definition) is 2. The van der Waals surface area contributed by atoms with Gasteiger partial charge in [-0.25, -0.2) is 0 Å². The molecule has 0 radical (unpaired) electrons. The zero-order valence-electron chi connectivity index (χ0n) is 22.0. The van der Waals surface area contributed by atoms with Gasteiger partial charge in [0.25, 0.3) is 5.91 Å². The summed E-state index contributed by atoms with van der Waals surface area (Å²) in [4.78, 5) is 17.7. The molecular formula is C29H35N5O4. The van der Waals surface area contributed by atoms with Gasteiger partial charge < -0.3 is 39.6 Å². The molecule has 1 unspecified atom stereocenters. The van der Waals surface area contributed by atoms with Crippen molar-refractivity contribution < 1.29 is 19.0 Å². The van der Waals surface area contributed by atoms with Gasteiger partial charge in [-0.15, -0.1) is 0 Å². The average Bonchev–Trinajstić information content (AvgIpc) is 3.59. The number of anilines is 2. The van der Waals surface area contributed by atoms with Gasteiger partial charge in [-0.1, -0.05) is 0 Å². The number of nitrogens with zero attached hydrogens (tertiary/aromatic N) is 3. The van der Waals surface area contributed by atoms with E-state index in [1.807, 2.05) is 17.0 Å². The van der Waals surface area contributed by atoms with Gasteiger partial charge >= 0.3 is 0 Å². The van der Waals surface area contributed by atoms with Crippen molar-refractivity contribution in [2.75, 3.05) is 50.7 Å². The van der Waals surface area contributed by atoms with Crippen LogP contribution in [-0.2, 0) is 6.54 Å². The number of aromatic nitrogens is 1. The molecule has 3 N–H and O–H groups in total. The molecule has 2 aromatic carbocycles. The highest BCUT2D eigenvalue weighted by molar-refractivity contribution is 5.99. The van der Waals surface area contributed by atoms with E-state index in [9.17, 15) is 4.79 Å². The normalized spacial score (nSPS) is 22.2. The van der Waals surface area contributed by atoms with Gasteiger partial charge in [0.2, 0.25) is 0 Å². The Morgan fingerprint density at radius 3 is 2.66 bits per heavy atom. The quantitative estimate of drug-likeness (QED) is 0.511. The zero-order valence-corrected chi connectivity index (χ0v) is 22.0. The number of fused-ring (bicyclic) bond motifs is 1. The van der Waals surface area contributed by atoms with Crippen molar-refractivity contribution in [2.24, 2.45) is 11.7 Å². The topological polar surface area (TPSA) is 94.2 Å². The van der Waals surface area contributed by atoms with E-state index < -0.39 is 0 Å². The van der Waals surface area contributed by atoms with E-state index in [2.05, 4.69) is 33.0 Å². The zero-order chi connectivity index (χ0) is 26.0. The summed E-state index contributed by atoms with van der Waals surface area (Å²) >= 11 is 0. The van der Waals surface area contributed by atoms with Crippen LogP contribution in [-0.4, -0.2) is 61.9 Å². The summed E-state index contributed by atoms with van der Waals surface area (Å²) in [6, 6.07) is 10.4. The number of carbonyl (C=O) groups excluding carboxylic acids is 1. The molecule has 3 aliphatic heterocycles. The molecule has 0 spiro atoms. The van der Waals surface area contributed by atoms with Crippen LogP contribution in [0.3, 0.4) is 0 Å². The van der Waals surface area contributed by atoms with E-state index in [4.69, 9.17) is 19.9 Å². The molecule has 2 atom stereocenters. The summed E-state index contributed by atoms with van der Waals surface area (Å²) in [6.07, 6.45) is 4.36. The predicted molar refractivity (Wildman–Crippen MR) is 147 cm³/mol. The molecule has 4 heterocycles. The molecule has 1 saturated heterocycles. The Morgan fingerprint density at radius 1 is 1.08 bits per heavy atom. The lowest BCUT2D eigenvalue weighted by molar-refractivity contribution is 0.0708. The van der Waals surface area contributed by atoms with Gasteiger partial charge in [0, 0.05) is 42.7 Å². The Morgan fingerprint density at radius 2 is 1.89 bits per heavy atom. The molecule has 3 aromatic rings. The van der Waals surface area contributed by atoms with E-state index in [-0.39, 0.29) is 18.1 Å². The van der Waals surface area contributed by atoms with Crippen molar-refractivity contribution in [1.29, 1.82) is 0 Å². The third-order valence-electron chi connectivity index (χ3n) is 8.40. The fourth-order valence-electron chi connectivity index (χ4n) is 6.31. The Kier molecular flexibility index (Phi) is 5.58. The number of likely N-dealkylation sites (tertiary alicyclic amines) is 1. The summed E-state index contributed by atoms with van der Waals surface area (Å²) in [7, 11) is 3.35. The number of benzene rings is 2. The third kappa shape index (κ3) is 3.83. The van der Waals surface area contributed by atoms with Gasteiger partial charge in [0.1, 0.15) is 24.2 Å². The van der Waals surface area contributed by atoms with Crippen molar-refractivity contribution >= 4 is 28.2 Å². The van der Waals surface area contributed by atoms with Crippen LogP contribution < -0.4 is 30.2 Å². The second-order valence-electron chi connectivity index (χ2n) is 11.0. The van der Waals surface area contributed by atoms with E-state index in [0.29, 0.717) is 24.6 Å². The number of ether oxygens (including phenoxy) is 3. The smallest absolute Gasteiger partial charge is 0.254 e. The molecule has 7 rings (SSSR count). The van der Waals surface area contributed by atoms with E-state index >= 15 is 0 Å². The summed E-state index contributed by atoms with van der Waals surface area (Å²) in [5.74, 6) is 2.95. The SMILES string of the molecule is COc1cc2cc([C@@H]3Nc4cc(C(=O)N5CCCC(N)C5)cc5c4N3CCO5)n(CC3CC3)c2cc1OC. The van der Waals surface area contributed by atoms with Crippen molar-refractivity contribution in [3.63, 3.8) is 0 Å². The lowest BCUT2D eigenvalue weighted by atomic mass is 10.0. The fraction of sp³-hybridized carbons (Fsp3) is 0.483. The van der Waals surface area contributed by atoms with Crippen molar-refractivity contribution in [1.82, 2.24) is 9.47 Å². The Balaban J connectivity index is 1.28. The lowest BCUT2D eigenvalue weighted by Crippen LogP contribution is -2.45. The molecule has 38 heavy (non-hydrogen) atoms. The van der Waals surface area contributed by atoms with Crippen LogP contribution in [0.2, 0.25) is 0 Å². The molecule has 0 bridgehead atoms. The van der Waals surface area contributed by atoms with Crippen LogP contribution in [0.15, 0.2) is 30.3 Å². The predicted octanol–water partition coefficient (Wildman–Crippen LogP) is 3.95. The first-order chi connectivity index (χ1) is 18.5. The molecule has 1 aliphatic carbocycles. The highest BCUT2D eigenvalue weighted by Crippen LogP contribution is 2.50. The van der Waals surface area contributed by atoms with Crippen molar-refractivity contribution in [3.05, 3.63) is 41.6 Å². The molecule has 1 amide bonds. The van der Waals surface area contributed by atoms with Gasteiger partial charge in [-0.3, -0.25) is 4.79 Å². The van der Waals surface area contributed by atoms with Gasteiger partial charge in [0.05, 0.1) is 37.7 Å². The van der Waals surface area contributed by atoms with Crippen LogP contribution in [0, 0.1) is 5.92 Å². The molecule has 4 aliphatic rings. The van der Waals surface area contributed by atoms with E-state index in [1.54, 1.807) is 14.2 Å². The number of nitrogens with two attached hydrogens (primary N) is 1. The minimum atomic E-state index is -0.0652. The molecule has 200 valence electrons. The first-order valence-electron chi connectivity index (χ1n) is 13.7. The maximum absolute atomic E-state index is 13.4. The molecule has 1 saturated carbocycles. The minimum Gasteiger partial charge on any atom is -0.493 e. The van der Waals surface area contributed by atoms with Crippen molar-refractivity contribution in [2.45, 2.75) is 44.4 Å². The van der Waals surface area contributed by atoms with Crippen LogP contribution in [0.1, 0.15) is 47.9 Å². The van der Waals surface area contributed by atoms with Crippen molar-refractivity contribution in [3.8, 4) is 17.2 Å². The fourth-order valence-corrected chi connectivity index (χ4v) is 6.31. The number of rotatable bonds is 6. The monoisotopic (exact) mass is 517 g/mol. The molecule has 9 nitrogen and oxygen atoms in total. The van der Waals surface area contributed by atoms with Crippen LogP contribution in [0.4, 0.5) is 11.4 Å². The number of piperidine rings is 1. The first kappa shape index (κ1) is 23.5. The Labute approximate surface area is 222 Å². The average molecular weight is 518 g/mol. The number of carbonyl (C=O) groups is 1. The molecule has 9 heteroatoms. The maximum atomic E-state index is 13.4. The molecule has 2 fully saturated rings. The van der Waals surface area contributed by atoms with Gasteiger partial charge in [-0.05, 0) is 55.9 Å². The van der Waals surface area contributed by atoms with Gasteiger partial charge in [-0.2, -0.15) is 0 Å². The first-order valence-corrected chi connectivity index (χ1v) is 13.7. The lowest BCUT2D eigenvalue weighted by Gasteiger charge is -2.33.